The number of aliphatic carboxylic acids is 1. The Bertz CT molecular complexity index is 363. The number of carboxylic acid groups (broad SMARTS) is 1. The van der Waals surface area contributed by atoms with Crippen molar-refractivity contribution in [3.05, 3.63) is 23.8 Å². The van der Waals surface area contributed by atoms with Crippen LogP contribution in [0.2, 0.25) is 0 Å². The molecule has 1 fully saturated rings. The van der Waals surface area contributed by atoms with Gasteiger partial charge in [0, 0.05) is 11.1 Å². The molecule has 5 nitrogen and oxygen atoms in total. The predicted molar refractivity (Wildman–Crippen MR) is 45.1 cm³/mol. The maximum atomic E-state index is 11.0. The number of hydrogen-bond donors (Lipinski definition) is 1. The Morgan fingerprint density at radius 1 is 1.57 bits per heavy atom. The molecule has 1 N–H and O–H groups in total. The molecule has 0 amide bonds. The highest BCUT2D eigenvalue weighted by molar-refractivity contribution is 6.08. The minimum absolute atomic E-state index is 0.0252. The molecule has 5 heteroatoms. The normalized spacial score (nSPS) is 22.5. The van der Waals surface area contributed by atoms with Gasteiger partial charge in [-0.1, -0.05) is 12.7 Å². The predicted octanol–water partition coefficient (Wildman–Crippen LogP) is 0.273. The number of carbonyl (C=O) groups excluding carboxylic acids is 2. The molecule has 1 aliphatic rings. The first-order valence-electron chi connectivity index (χ1n) is 3.80. The monoisotopic (exact) mass is 196 g/mol. The first kappa shape index (κ1) is 10.2. The number of cyclic esters (lactones) is 2. The lowest BCUT2D eigenvalue weighted by Gasteiger charge is -1.98. The molecule has 1 heterocycles. The second-order valence-corrected chi connectivity index (χ2v) is 2.87. The summed E-state index contributed by atoms with van der Waals surface area (Å²) in [5, 5.41) is 8.55. The molecule has 1 unspecified atom stereocenters. The maximum absolute atomic E-state index is 11.0. The van der Waals surface area contributed by atoms with E-state index in [1.165, 1.54) is 6.92 Å². The maximum Gasteiger partial charge on any atom is 0.342 e. The van der Waals surface area contributed by atoms with E-state index in [4.69, 9.17) is 5.11 Å². The summed E-state index contributed by atoms with van der Waals surface area (Å²) in [6, 6.07) is 0. The average Bonchev–Trinajstić information content (AvgIpc) is 2.32. The Kier molecular flexibility index (Phi) is 2.51. The van der Waals surface area contributed by atoms with Crippen LogP contribution in [0.5, 0.6) is 0 Å². The largest absolute Gasteiger partial charge is 0.478 e. The van der Waals surface area contributed by atoms with E-state index in [0.29, 0.717) is 0 Å². The molecule has 0 saturated carbocycles. The Labute approximate surface area is 79.7 Å². The first-order chi connectivity index (χ1) is 6.43. The molecule has 74 valence electrons. The van der Waals surface area contributed by atoms with Crippen LogP contribution in [0.3, 0.4) is 0 Å². The molecule has 0 spiro atoms. The molecule has 14 heavy (non-hydrogen) atoms. The van der Waals surface area contributed by atoms with E-state index in [1.807, 2.05) is 0 Å². The molecule has 1 atom stereocenters. The summed E-state index contributed by atoms with van der Waals surface area (Å²) >= 11 is 0. The number of rotatable bonds is 2. The van der Waals surface area contributed by atoms with Gasteiger partial charge in [0.05, 0.1) is 0 Å². The van der Waals surface area contributed by atoms with Crippen molar-refractivity contribution in [2.75, 3.05) is 0 Å². The Balaban J connectivity index is 2.95. The summed E-state index contributed by atoms with van der Waals surface area (Å²) in [4.78, 5) is 32.3. The van der Waals surface area contributed by atoms with Gasteiger partial charge in [-0.15, -0.1) is 0 Å². The van der Waals surface area contributed by atoms with Crippen molar-refractivity contribution in [1.29, 1.82) is 0 Å². The van der Waals surface area contributed by atoms with Crippen LogP contribution in [0, 0.1) is 5.92 Å². The van der Waals surface area contributed by atoms with Crippen LogP contribution < -0.4 is 0 Å². The van der Waals surface area contributed by atoms with E-state index in [-0.39, 0.29) is 11.1 Å². The van der Waals surface area contributed by atoms with Crippen molar-refractivity contribution < 1.29 is 24.2 Å². The van der Waals surface area contributed by atoms with Crippen molar-refractivity contribution in [3.8, 4) is 0 Å². The molecule has 0 aromatic heterocycles. The molecule has 0 aromatic carbocycles. The molecule has 1 rings (SSSR count). The second-order valence-electron chi connectivity index (χ2n) is 2.87. The summed E-state index contributed by atoms with van der Waals surface area (Å²) < 4.78 is 4.25. The fourth-order valence-electron chi connectivity index (χ4n) is 0.980. The van der Waals surface area contributed by atoms with Gasteiger partial charge in [0.25, 0.3) is 0 Å². The van der Waals surface area contributed by atoms with Gasteiger partial charge in [-0.05, 0) is 6.92 Å². The van der Waals surface area contributed by atoms with E-state index in [9.17, 15) is 14.4 Å². The standard InChI is InChI=1S/C9H8O5/c1-4(7(10)11)3-6-5(2)8(12)14-9(6)13/h3,6H,2H2,1H3,(H,10,11)/b4-3+. The SMILES string of the molecule is C=C1C(=O)OC(=O)C1/C=C(\C)C(=O)O. The van der Waals surface area contributed by atoms with Gasteiger partial charge in [0.15, 0.2) is 0 Å². The van der Waals surface area contributed by atoms with Crippen LogP contribution >= 0.6 is 0 Å². The first-order valence-corrected chi connectivity index (χ1v) is 3.80. The number of ether oxygens (including phenoxy) is 1. The summed E-state index contributed by atoms with van der Waals surface area (Å²) in [7, 11) is 0. The molecule has 0 radical (unpaired) electrons. The van der Waals surface area contributed by atoms with Gasteiger partial charge in [0.1, 0.15) is 5.92 Å². The van der Waals surface area contributed by atoms with E-state index >= 15 is 0 Å². The summed E-state index contributed by atoms with van der Waals surface area (Å²) in [6.45, 7) is 4.67. The lowest BCUT2D eigenvalue weighted by molar-refractivity contribution is -0.152. The quantitative estimate of drug-likeness (QED) is 0.389. The van der Waals surface area contributed by atoms with Gasteiger partial charge in [-0.25, -0.2) is 9.59 Å². The zero-order chi connectivity index (χ0) is 10.9. The number of carbonyl (C=O) groups is 3. The smallest absolute Gasteiger partial charge is 0.342 e. The highest BCUT2D eigenvalue weighted by atomic mass is 16.6. The lowest BCUT2D eigenvalue weighted by Crippen LogP contribution is -2.08. The summed E-state index contributed by atoms with van der Waals surface area (Å²) in [5.41, 5.74) is -0.0570. The zero-order valence-corrected chi connectivity index (χ0v) is 7.44. The molecule has 0 bridgehead atoms. The summed E-state index contributed by atoms with van der Waals surface area (Å²) in [6.07, 6.45) is 1.15. The van der Waals surface area contributed by atoms with Crippen molar-refractivity contribution in [3.63, 3.8) is 0 Å². The topological polar surface area (TPSA) is 80.7 Å². The number of esters is 2. The molecule has 1 saturated heterocycles. The lowest BCUT2D eigenvalue weighted by atomic mass is 10.0. The molecule has 1 aliphatic heterocycles. The van der Waals surface area contributed by atoms with Crippen LogP contribution in [0.1, 0.15) is 6.92 Å². The minimum Gasteiger partial charge on any atom is -0.478 e. The highest BCUT2D eigenvalue weighted by Crippen LogP contribution is 2.23. The van der Waals surface area contributed by atoms with Crippen LogP contribution in [0.15, 0.2) is 23.8 Å². The van der Waals surface area contributed by atoms with Crippen LogP contribution in [0.4, 0.5) is 0 Å². The van der Waals surface area contributed by atoms with Crippen LogP contribution in [-0.2, 0) is 19.1 Å². The van der Waals surface area contributed by atoms with Crippen molar-refractivity contribution in [2.45, 2.75) is 6.92 Å². The Morgan fingerprint density at radius 2 is 2.14 bits per heavy atom. The van der Waals surface area contributed by atoms with Crippen molar-refractivity contribution in [2.24, 2.45) is 5.92 Å². The van der Waals surface area contributed by atoms with Gasteiger partial charge in [-0.3, -0.25) is 4.79 Å². The van der Waals surface area contributed by atoms with E-state index in [2.05, 4.69) is 11.3 Å². The second kappa shape index (κ2) is 3.45. The van der Waals surface area contributed by atoms with Crippen LogP contribution in [0.25, 0.3) is 0 Å². The fourth-order valence-corrected chi connectivity index (χ4v) is 0.980. The van der Waals surface area contributed by atoms with Gasteiger partial charge < -0.3 is 9.84 Å². The number of carboxylic acids is 1. The summed E-state index contributed by atoms with van der Waals surface area (Å²) in [5.74, 6) is -3.68. The number of hydrogen-bond acceptors (Lipinski definition) is 4. The molecular formula is C9H8O5. The fraction of sp³-hybridized carbons (Fsp3) is 0.222. The molecule has 0 aromatic rings. The zero-order valence-electron chi connectivity index (χ0n) is 7.44. The Morgan fingerprint density at radius 3 is 2.50 bits per heavy atom. The highest BCUT2D eigenvalue weighted by Gasteiger charge is 2.36. The van der Waals surface area contributed by atoms with E-state index in [1.54, 1.807) is 0 Å². The van der Waals surface area contributed by atoms with E-state index < -0.39 is 23.8 Å². The average molecular weight is 196 g/mol. The third-order valence-corrected chi connectivity index (χ3v) is 1.84. The third-order valence-electron chi connectivity index (χ3n) is 1.84. The van der Waals surface area contributed by atoms with E-state index in [0.717, 1.165) is 6.08 Å². The van der Waals surface area contributed by atoms with Crippen LogP contribution in [-0.4, -0.2) is 23.0 Å². The third kappa shape index (κ3) is 1.71. The van der Waals surface area contributed by atoms with Gasteiger partial charge >= 0.3 is 17.9 Å². The Hall–Kier alpha value is -1.91. The molecular weight excluding hydrogens is 188 g/mol. The van der Waals surface area contributed by atoms with Gasteiger partial charge in [-0.2, -0.15) is 0 Å². The van der Waals surface area contributed by atoms with Crippen molar-refractivity contribution in [1.82, 2.24) is 0 Å². The van der Waals surface area contributed by atoms with Gasteiger partial charge in [0.2, 0.25) is 0 Å². The molecule has 0 aliphatic carbocycles. The van der Waals surface area contributed by atoms with Crippen molar-refractivity contribution >= 4 is 17.9 Å². The minimum atomic E-state index is -1.15.